The zero-order chi connectivity index (χ0) is 9.97. The summed E-state index contributed by atoms with van der Waals surface area (Å²) in [5.41, 5.74) is 0.465. The number of esters is 1. The Hall–Kier alpha value is -1.84. The first-order valence-electron chi connectivity index (χ1n) is 4.31. The number of hydrogen-bond donors (Lipinski definition) is 1. The Bertz CT molecular complexity index is 361. The fourth-order valence-corrected chi connectivity index (χ4v) is 1.14. The molecule has 0 aliphatic carbocycles. The van der Waals surface area contributed by atoms with Crippen molar-refractivity contribution in [1.82, 2.24) is 5.32 Å². The third-order valence-corrected chi connectivity index (χ3v) is 2.01. The van der Waals surface area contributed by atoms with Gasteiger partial charge in [0.25, 0.3) is 5.91 Å². The molecule has 2 rings (SSSR count). The average Bonchev–Trinajstić information content (AvgIpc) is 2.24. The van der Waals surface area contributed by atoms with E-state index in [9.17, 15) is 9.59 Å². The minimum atomic E-state index is -0.609. The molecule has 1 heterocycles. The molecule has 1 saturated heterocycles. The lowest BCUT2D eigenvalue weighted by molar-refractivity contribution is -0.137. The van der Waals surface area contributed by atoms with E-state index in [2.05, 4.69) is 5.32 Å². The summed E-state index contributed by atoms with van der Waals surface area (Å²) in [4.78, 5) is 22.2. The Morgan fingerprint density at radius 1 is 1.36 bits per heavy atom. The summed E-state index contributed by atoms with van der Waals surface area (Å²) in [6, 6.07) is 8.61. The zero-order valence-corrected chi connectivity index (χ0v) is 7.40. The monoisotopic (exact) mass is 191 g/mol. The number of benzene rings is 1. The Morgan fingerprint density at radius 3 is 2.57 bits per heavy atom. The minimum Gasteiger partial charge on any atom is -0.447 e. The summed E-state index contributed by atoms with van der Waals surface area (Å²) in [6.07, 6.45) is -0.609. The van der Waals surface area contributed by atoms with Crippen LogP contribution in [0.4, 0.5) is 0 Å². The van der Waals surface area contributed by atoms with E-state index < -0.39 is 12.1 Å². The lowest BCUT2D eigenvalue weighted by atomic mass is 10.2. The highest BCUT2D eigenvalue weighted by molar-refractivity contribution is 5.94. The van der Waals surface area contributed by atoms with Crippen LogP contribution < -0.4 is 5.32 Å². The molecule has 0 saturated carbocycles. The second-order valence-electron chi connectivity index (χ2n) is 3.01. The molecule has 1 unspecified atom stereocenters. The summed E-state index contributed by atoms with van der Waals surface area (Å²) in [5, 5.41) is 2.50. The molecule has 1 N–H and O–H groups in total. The number of amides is 1. The average molecular weight is 191 g/mol. The zero-order valence-electron chi connectivity index (χ0n) is 7.40. The number of ether oxygens (including phenoxy) is 1. The van der Waals surface area contributed by atoms with Crippen molar-refractivity contribution in [3.63, 3.8) is 0 Å². The van der Waals surface area contributed by atoms with Crippen molar-refractivity contribution < 1.29 is 14.3 Å². The summed E-state index contributed by atoms with van der Waals surface area (Å²) < 4.78 is 4.93. The molecule has 4 heteroatoms. The molecule has 72 valence electrons. The molecule has 1 aromatic carbocycles. The van der Waals surface area contributed by atoms with E-state index in [-0.39, 0.29) is 5.91 Å². The van der Waals surface area contributed by atoms with Gasteiger partial charge in [-0.1, -0.05) is 18.2 Å². The van der Waals surface area contributed by atoms with E-state index in [0.717, 1.165) is 0 Å². The van der Waals surface area contributed by atoms with E-state index in [1.54, 1.807) is 24.3 Å². The standard InChI is InChI=1S/C10H9NO3/c12-9-8(6-11-9)14-10(13)7-4-2-1-3-5-7/h1-5,8H,6H2,(H,11,12). The van der Waals surface area contributed by atoms with Crippen LogP contribution in [0.1, 0.15) is 10.4 Å². The number of hydrogen-bond acceptors (Lipinski definition) is 3. The van der Waals surface area contributed by atoms with Gasteiger partial charge >= 0.3 is 5.97 Å². The van der Waals surface area contributed by atoms with E-state index in [0.29, 0.717) is 12.1 Å². The van der Waals surface area contributed by atoms with Gasteiger partial charge in [0, 0.05) is 0 Å². The first kappa shape index (κ1) is 8.74. The van der Waals surface area contributed by atoms with E-state index >= 15 is 0 Å². The second-order valence-corrected chi connectivity index (χ2v) is 3.01. The molecule has 1 aromatic rings. The highest BCUT2D eigenvalue weighted by Gasteiger charge is 2.31. The summed E-state index contributed by atoms with van der Waals surface area (Å²) in [7, 11) is 0. The molecule has 1 aliphatic rings. The number of carbonyl (C=O) groups excluding carboxylic acids is 2. The van der Waals surface area contributed by atoms with Crippen molar-refractivity contribution in [2.24, 2.45) is 0 Å². The van der Waals surface area contributed by atoms with Crippen molar-refractivity contribution in [1.29, 1.82) is 0 Å². The molecular weight excluding hydrogens is 182 g/mol. The van der Waals surface area contributed by atoms with Crippen LogP contribution in [0.25, 0.3) is 0 Å². The minimum absolute atomic E-state index is 0.228. The van der Waals surface area contributed by atoms with Crippen LogP contribution >= 0.6 is 0 Å². The molecule has 1 fully saturated rings. The Morgan fingerprint density at radius 2 is 2.07 bits per heavy atom. The second kappa shape index (κ2) is 3.49. The smallest absolute Gasteiger partial charge is 0.338 e. The van der Waals surface area contributed by atoms with Crippen LogP contribution in [0.2, 0.25) is 0 Å². The van der Waals surface area contributed by atoms with E-state index in [4.69, 9.17) is 4.74 Å². The van der Waals surface area contributed by atoms with Crippen LogP contribution in [0.15, 0.2) is 30.3 Å². The largest absolute Gasteiger partial charge is 0.447 e. The molecule has 0 bridgehead atoms. The van der Waals surface area contributed by atoms with E-state index in [1.165, 1.54) is 0 Å². The molecule has 4 nitrogen and oxygen atoms in total. The van der Waals surface area contributed by atoms with Crippen molar-refractivity contribution >= 4 is 11.9 Å². The Labute approximate surface area is 80.9 Å². The van der Waals surface area contributed by atoms with Crippen molar-refractivity contribution in [3.05, 3.63) is 35.9 Å². The maximum atomic E-state index is 11.4. The van der Waals surface area contributed by atoms with Gasteiger partial charge in [-0.25, -0.2) is 4.79 Å². The van der Waals surface area contributed by atoms with Gasteiger partial charge in [0.05, 0.1) is 12.1 Å². The topological polar surface area (TPSA) is 55.4 Å². The molecule has 1 atom stereocenters. The summed E-state index contributed by atoms with van der Waals surface area (Å²) in [5.74, 6) is -0.681. The fraction of sp³-hybridized carbons (Fsp3) is 0.200. The molecular formula is C10H9NO3. The predicted octanol–water partition coefficient (Wildman–Crippen LogP) is 0.342. The first-order valence-corrected chi connectivity index (χ1v) is 4.31. The predicted molar refractivity (Wildman–Crippen MR) is 48.7 cm³/mol. The lowest BCUT2D eigenvalue weighted by Crippen LogP contribution is -2.55. The third kappa shape index (κ3) is 1.59. The van der Waals surface area contributed by atoms with Crippen LogP contribution in [-0.4, -0.2) is 24.5 Å². The third-order valence-electron chi connectivity index (χ3n) is 2.01. The van der Waals surface area contributed by atoms with Crippen LogP contribution in [0.5, 0.6) is 0 Å². The normalized spacial score (nSPS) is 19.4. The van der Waals surface area contributed by atoms with Gasteiger partial charge in [0.1, 0.15) is 0 Å². The van der Waals surface area contributed by atoms with E-state index in [1.807, 2.05) is 6.07 Å². The van der Waals surface area contributed by atoms with Crippen LogP contribution in [0.3, 0.4) is 0 Å². The molecule has 1 amide bonds. The Kier molecular flexibility index (Phi) is 2.18. The van der Waals surface area contributed by atoms with Crippen molar-refractivity contribution in [2.75, 3.05) is 6.54 Å². The number of β-lactam (4-membered cyclic amide) rings is 1. The van der Waals surface area contributed by atoms with Gasteiger partial charge in [-0.05, 0) is 12.1 Å². The maximum absolute atomic E-state index is 11.4. The molecule has 0 aromatic heterocycles. The van der Waals surface area contributed by atoms with Gasteiger partial charge in [-0.3, -0.25) is 4.79 Å². The SMILES string of the molecule is O=C(OC1CNC1=O)c1ccccc1. The molecule has 1 aliphatic heterocycles. The quantitative estimate of drug-likeness (QED) is 0.541. The van der Waals surface area contributed by atoms with Gasteiger partial charge in [0.2, 0.25) is 0 Å². The molecule has 0 radical (unpaired) electrons. The van der Waals surface area contributed by atoms with Crippen molar-refractivity contribution in [2.45, 2.75) is 6.10 Å². The highest BCUT2D eigenvalue weighted by Crippen LogP contribution is 2.07. The first-order chi connectivity index (χ1) is 6.77. The highest BCUT2D eigenvalue weighted by atomic mass is 16.6. The van der Waals surface area contributed by atoms with Crippen molar-refractivity contribution in [3.8, 4) is 0 Å². The molecule has 0 spiro atoms. The number of nitrogens with one attached hydrogen (secondary N) is 1. The van der Waals surface area contributed by atoms with Gasteiger partial charge in [-0.15, -0.1) is 0 Å². The van der Waals surface area contributed by atoms with Gasteiger partial charge in [0.15, 0.2) is 6.10 Å². The fourth-order valence-electron chi connectivity index (χ4n) is 1.14. The maximum Gasteiger partial charge on any atom is 0.338 e. The van der Waals surface area contributed by atoms with Crippen LogP contribution in [-0.2, 0) is 9.53 Å². The molecule has 14 heavy (non-hydrogen) atoms. The lowest BCUT2D eigenvalue weighted by Gasteiger charge is -2.25. The van der Waals surface area contributed by atoms with Gasteiger partial charge in [-0.2, -0.15) is 0 Å². The van der Waals surface area contributed by atoms with Crippen LogP contribution in [0, 0.1) is 0 Å². The summed E-state index contributed by atoms with van der Waals surface area (Å²) >= 11 is 0. The van der Waals surface area contributed by atoms with Gasteiger partial charge < -0.3 is 10.1 Å². The number of rotatable bonds is 2. The summed E-state index contributed by atoms with van der Waals surface area (Å²) in [6.45, 7) is 0.414. The Balaban J connectivity index is 1.99. The number of carbonyl (C=O) groups is 2.